The molecule has 0 heterocycles. The first kappa shape index (κ1) is 28.1. The van der Waals surface area contributed by atoms with E-state index in [9.17, 15) is 0 Å². The number of hydrogen-bond acceptors (Lipinski definition) is 0. The van der Waals surface area contributed by atoms with E-state index in [1.807, 2.05) is 0 Å². The van der Waals surface area contributed by atoms with Gasteiger partial charge in [0.05, 0.1) is 0 Å². The summed E-state index contributed by atoms with van der Waals surface area (Å²) in [7, 11) is -0.493. The number of benzene rings is 4. The van der Waals surface area contributed by atoms with Crippen molar-refractivity contribution < 1.29 is 46.5 Å². The van der Waals surface area contributed by atoms with Gasteiger partial charge in [0, 0.05) is 0 Å². The van der Waals surface area contributed by atoms with Gasteiger partial charge in [-0.3, -0.25) is 0 Å². The summed E-state index contributed by atoms with van der Waals surface area (Å²) < 4.78 is 0. The number of fused-ring (bicyclic) bond motifs is 2. The molecule has 6 rings (SSSR count). The van der Waals surface area contributed by atoms with Gasteiger partial charge >= 0.3 is 21.7 Å². The average molecular weight is 533 g/mol. The smallest absolute Gasteiger partial charge is 1.00 e. The van der Waals surface area contributed by atoms with Crippen LogP contribution in [-0.4, -0.2) is 0 Å². The monoisotopic (exact) mass is 532 g/mol. The molecule has 6 aromatic rings. The molecule has 0 aliphatic rings. The SMILES string of the molecule is [Cl-].[Cl-].[Ti+4].c1ccc(P(c2ccccc2)c2cc3ccccc3[cH-]2)cc1.c1ccc2[cH-]ccc2c1. The molecular weight excluding hydrogens is 510 g/mol. The summed E-state index contributed by atoms with van der Waals surface area (Å²) in [5.74, 6) is 0. The number of rotatable bonds is 3. The third kappa shape index (κ3) is 6.48. The van der Waals surface area contributed by atoms with Crippen LogP contribution in [0.5, 0.6) is 0 Å². The third-order valence-electron chi connectivity index (χ3n) is 5.44. The molecule has 0 atom stereocenters. The van der Waals surface area contributed by atoms with Crippen LogP contribution in [0.15, 0.2) is 140 Å². The van der Waals surface area contributed by atoms with E-state index in [-0.39, 0.29) is 46.5 Å². The molecule has 0 aliphatic heterocycles. The van der Waals surface area contributed by atoms with Crippen LogP contribution in [0.1, 0.15) is 0 Å². The molecule has 0 bridgehead atoms. The van der Waals surface area contributed by atoms with E-state index in [0.29, 0.717) is 0 Å². The van der Waals surface area contributed by atoms with Crippen molar-refractivity contribution in [2.45, 2.75) is 0 Å². The number of hydrogen-bond donors (Lipinski definition) is 0. The van der Waals surface area contributed by atoms with Gasteiger partial charge < -0.3 is 24.8 Å². The van der Waals surface area contributed by atoms with E-state index < -0.39 is 7.92 Å². The van der Waals surface area contributed by atoms with Crippen molar-refractivity contribution in [2.75, 3.05) is 0 Å². The zero-order chi connectivity index (χ0) is 20.9. The molecule has 0 aliphatic carbocycles. The molecule has 4 heteroatoms. The minimum atomic E-state index is -0.493. The molecule has 0 saturated carbocycles. The molecule has 0 fully saturated rings. The van der Waals surface area contributed by atoms with Gasteiger partial charge in [-0.05, 0) is 18.5 Å². The maximum absolute atomic E-state index is 2.35. The van der Waals surface area contributed by atoms with E-state index in [4.69, 9.17) is 0 Å². The first-order valence-electron chi connectivity index (χ1n) is 10.5. The summed E-state index contributed by atoms with van der Waals surface area (Å²) in [6.45, 7) is 0. The topological polar surface area (TPSA) is 0 Å². The third-order valence-corrected chi connectivity index (χ3v) is 7.84. The Bertz CT molecular complexity index is 1290. The van der Waals surface area contributed by atoms with Crippen molar-refractivity contribution in [3.8, 4) is 0 Å². The largest absolute Gasteiger partial charge is 4.00 e. The Labute approximate surface area is 230 Å². The predicted molar refractivity (Wildman–Crippen MR) is 138 cm³/mol. The van der Waals surface area contributed by atoms with Gasteiger partial charge in [0.1, 0.15) is 0 Å². The normalized spacial score (nSPS) is 9.91. The zero-order valence-electron chi connectivity index (χ0n) is 18.5. The molecule has 34 heavy (non-hydrogen) atoms. The first-order valence-corrected chi connectivity index (χ1v) is 11.9. The maximum atomic E-state index is 2.35. The van der Waals surface area contributed by atoms with Crippen LogP contribution in [-0.2, 0) is 21.7 Å². The Balaban J connectivity index is 0.000000290. The molecule has 0 N–H and O–H groups in total. The minimum absolute atomic E-state index is 0. The fraction of sp³-hybridized carbons (Fsp3) is 0. The Morgan fingerprint density at radius 1 is 0.500 bits per heavy atom. The van der Waals surface area contributed by atoms with Gasteiger partial charge in [-0.2, -0.15) is 23.6 Å². The van der Waals surface area contributed by atoms with Crippen LogP contribution < -0.4 is 40.7 Å². The quantitative estimate of drug-likeness (QED) is 0.180. The van der Waals surface area contributed by atoms with Gasteiger partial charge in [0.15, 0.2) is 0 Å². The summed E-state index contributed by atoms with van der Waals surface area (Å²) in [5.41, 5.74) is 0. The van der Waals surface area contributed by atoms with Gasteiger partial charge in [-0.15, -0.1) is 70.0 Å². The van der Waals surface area contributed by atoms with Gasteiger partial charge in [0.25, 0.3) is 0 Å². The molecule has 0 radical (unpaired) electrons. The van der Waals surface area contributed by atoms with Gasteiger partial charge in [0.2, 0.25) is 0 Å². The Morgan fingerprint density at radius 3 is 1.56 bits per heavy atom. The minimum Gasteiger partial charge on any atom is -1.00 e. The predicted octanol–water partition coefficient (Wildman–Crippen LogP) is 0.881. The van der Waals surface area contributed by atoms with Crippen LogP contribution in [0.4, 0.5) is 0 Å². The molecule has 0 spiro atoms. The standard InChI is InChI=1S/C21H16P.C9H7.2ClH.Ti/c1-3-11-19(12-4-1)22(20-13-5-2-6-14-20)21-15-17-9-7-8-10-18(17)16-21;1-2-5-9-7-3-6-8(9)4-1;;;/h1-16H;1-7H;2*1H;/q2*-1;;;+4/p-2. The summed E-state index contributed by atoms with van der Waals surface area (Å²) in [5, 5.41) is 9.55. The summed E-state index contributed by atoms with van der Waals surface area (Å²) >= 11 is 0. The van der Waals surface area contributed by atoms with Crippen molar-refractivity contribution >= 4 is 45.4 Å². The van der Waals surface area contributed by atoms with Crippen molar-refractivity contribution in [3.63, 3.8) is 0 Å². The van der Waals surface area contributed by atoms with Crippen molar-refractivity contribution in [1.82, 2.24) is 0 Å². The fourth-order valence-electron chi connectivity index (χ4n) is 3.93. The fourth-order valence-corrected chi connectivity index (χ4v) is 6.31. The van der Waals surface area contributed by atoms with E-state index >= 15 is 0 Å². The van der Waals surface area contributed by atoms with Crippen LogP contribution in [0, 0.1) is 0 Å². The van der Waals surface area contributed by atoms with E-state index in [2.05, 4.69) is 140 Å². The summed E-state index contributed by atoms with van der Waals surface area (Å²) in [4.78, 5) is 0. The summed E-state index contributed by atoms with van der Waals surface area (Å²) in [6.07, 6.45) is 0. The van der Waals surface area contributed by atoms with Crippen molar-refractivity contribution in [3.05, 3.63) is 140 Å². The Kier molecular flexibility index (Phi) is 11.3. The molecule has 166 valence electrons. The van der Waals surface area contributed by atoms with E-state index in [1.165, 1.54) is 37.5 Å². The van der Waals surface area contributed by atoms with Crippen molar-refractivity contribution in [2.24, 2.45) is 0 Å². The molecule has 0 saturated heterocycles. The molecule has 0 aromatic heterocycles. The molecular formula is C30H23Cl2PTi. The number of halogens is 2. The summed E-state index contributed by atoms with van der Waals surface area (Å²) in [6, 6.07) is 49.7. The van der Waals surface area contributed by atoms with Crippen molar-refractivity contribution in [1.29, 1.82) is 0 Å². The van der Waals surface area contributed by atoms with Crippen LogP contribution >= 0.6 is 7.92 Å². The van der Waals surface area contributed by atoms with Crippen LogP contribution in [0.2, 0.25) is 0 Å². The Hall–Kier alpha value is -2.18. The molecule has 6 aromatic carbocycles. The second kappa shape index (κ2) is 13.6. The van der Waals surface area contributed by atoms with E-state index in [0.717, 1.165) is 0 Å². The van der Waals surface area contributed by atoms with Gasteiger partial charge in [-0.25, -0.2) is 0 Å². The zero-order valence-corrected chi connectivity index (χ0v) is 22.5. The second-order valence-corrected chi connectivity index (χ2v) is 9.72. The molecule has 0 amide bonds. The first-order chi connectivity index (χ1) is 15.4. The molecule has 0 nitrogen and oxygen atoms in total. The Morgan fingerprint density at radius 2 is 1.00 bits per heavy atom. The average Bonchev–Trinajstić information content (AvgIpc) is 3.48. The van der Waals surface area contributed by atoms with Gasteiger partial charge in [-0.1, -0.05) is 72.8 Å². The van der Waals surface area contributed by atoms with E-state index in [1.54, 1.807) is 0 Å². The second-order valence-electron chi connectivity index (χ2n) is 7.50. The van der Waals surface area contributed by atoms with Crippen LogP contribution in [0.3, 0.4) is 0 Å². The maximum Gasteiger partial charge on any atom is 4.00 e. The molecule has 0 unspecified atom stereocenters. The van der Waals surface area contributed by atoms with Crippen LogP contribution in [0.25, 0.3) is 21.5 Å².